The number of nitrogens with zero attached hydrogens (tertiary/aromatic N) is 2. The van der Waals surface area contributed by atoms with Crippen molar-refractivity contribution in [1.29, 1.82) is 0 Å². The Hall–Kier alpha value is -3.88. The molecule has 2 N–H and O–H groups in total. The van der Waals surface area contributed by atoms with Crippen molar-refractivity contribution in [1.82, 2.24) is 15.4 Å². The van der Waals surface area contributed by atoms with E-state index in [9.17, 15) is 14.4 Å². The predicted octanol–water partition coefficient (Wildman–Crippen LogP) is 2.24. The molecule has 0 aliphatic carbocycles. The number of amides is 4. The molecule has 2 aromatic heterocycles. The summed E-state index contributed by atoms with van der Waals surface area (Å²) in [6.45, 7) is 0.125. The second kappa shape index (κ2) is 6.79. The summed E-state index contributed by atoms with van der Waals surface area (Å²) < 4.78 is 10.3. The lowest BCUT2D eigenvalue weighted by Crippen LogP contribution is -2.30. The molecule has 0 saturated carbocycles. The Morgan fingerprint density at radius 2 is 2.07 bits per heavy atom. The number of hydrogen-bond acceptors (Lipinski definition) is 6. The molecule has 0 bridgehead atoms. The largest absolute Gasteiger partial charge is 0.461 e. The SMILES string of the molecule is O=C(Nc1cccc(CN2C(=O)CNC2=O)c1)c1cc(-c2ccco2)on1. The third-order valence-corrected chi connectivity index (χ3v) is 3.97. The molecule has 9 heteroatoms. The summed E-state index contributed by atoms with van der Waals surface area (Å²) >= 11 is 0. The third-order valence-electron chi connectivity index (χ3n) is 3.97. The number of furan rings is 1. The van der Waals surface area contributed by atoms with Gasteiger partial charge in [-0.05, 0) is 29.8 Å². The number of benzene rings is 1. The fourth-order valence-corrected chi connectivity index (χ4v) is 2.66. The molecule has 9 nitrogen and oxygen atoms in total. The summed E-state index contributed by atoms with van der Waals surface area (Å²) in [5.74, 6) is 0.0701. The van der Waals surface area contributed by atoms with Crippen LogP contribution in [0.2, 0.25) is 0 Å². The zero-order valence-electron chi connectivity index (χ0n) is 14.0. The minimum atomic E-state index is -0.455. The van der Waals surface area contributed by atoms with Crippen LogP contribution in [0.1, 0.15) is 16.1 Å². The van der Waals surface area contributed by atoms with Crippen LogP contribution in [0.15, 0.2) is 57.7 Å². The quantitative estimate of drug-likeness (QED) is 0.669. The average Bonchev–Trinajstić information content (AvgIpc) is 3.39. The number of rotatable bonds is 5. The molecule has 0 radical (unpaired) electrons. The molecule has 1 aromatic carbocycles. The van der Waals surface area contributed by atoms with Crippen molar-refractivity contribution in [2.45, 2.75) is 6.54 Å². The van der Waals surface area contributed by atoms with Crippen molar-refractivity contribution in [2.24, 2.45) is 0 Å². The van der Waals surface area contributed by atoms with Gasteiger partial charge in [0, 0.05) is 11.8 Å². The van der Waals surface area contributed by atoms with Gasteiger partial charge in [0.25, 0.3) is 5.91 Å². The highest BCUT2D eigenvalue weighted by molar-refractivity contribution is 6.03. The van der Waals surface area contributed by atoms with E-state index in [2.05, 4.69) is 15.8 Å². The normalized spacial score (nSPS) is 13.7. The van der Waals surface area contributed by atoms with Gasteiger partial charge in [0.1, 0.15) is 0 Å². The predicted molar refractivity (Wildman–Crippen MR) is 92.5 cm³/mol. The van der Waals surface area contributed by atoms with Gasteiger partial charge >= 0.3 is 6.03 Å². The first-order chi connectivity index (χ1) is 13.1. The molecule has 0 atom stereocenters. The minimum absolute atomic E-state index is 0.000574. The Morgan fingerprint density at radius 1 is 1.19 bits per heavy atom. The van der Waals surface area contributed by atoms with Gasteiger partial charge in [-0.25, -0.2) is 4.79 Å². The number of carbonyl (C=O) groups is 3. The lowest BCUT2D eigenvalue weighted by atomic mass is 10.2. The van der Waals surface area contributed by atoms with Gasteiger partial charge in [-0.15, -0.1) is 0 Å². The van der Waals surface area contributed by atoms with Crippen LogP contribution >= 0.6 is 0 Å². The molecule has 1 aliphatic heterocycles. The molecule has 1 fully saturated rings. The van der Waals surface area contributed by atoms with Crippen molar-refractivity contribution in [3.63, 3.8) is 0 Å². The smallest absolute Gasteiger partial charge is 0.324 e. The van der Waals surface area contributed by atoms with Crippen LogP contribution in [0.3, 0.4) is 0 Å². The van der Waals surface area contributed by atoms with Gasteiger partial charge in [-0.1, -0.05) is 17.3 Å². The second-order valence-electron chi connectivity index (χ2n) is 5.85. The molecule has 136 valence electrons. The van der Waals surface area contributed by atoms with Gasteiger partial charge in [-0.2, -0.15) is 0 Å². The van der Waals surface area contributed by atoms with E-state index in [4.69, 9.17) is 8.94 Å². The molecule has 3 heterocycles. The van der Waals surface area contributed by atoms with Gasteiger partial charge in [0.15, 0.2) is 11.5 Å². The fraction of sp³-hybridized carbons (Fsp3) is 0.111. The fourth-order valence-electron chi connectivity index (χ4n) is 2.66. The summed E-state index contributed by atoms with van der Waals surface area (Å²) in [5.41, 5.74) is 1.31. The number of imide groups is 1. The number of carbonyl (C=O) groups excluding carboxylic acids is 3. The van der Waals surface area contributed by atoms with Gasteiger partial charge < -0.3 is 19.6 Å². The van der Waals surface area contributed by atoms with Crippen molar-refractivity contribution in [2.75, 3.05) is 11.9 Å². The molecule has 27 heavy (non-hydrogen) atoms. The number of hydrogen-bond donors (Lipinski definition) is 2. The van der Waals surface area contributed by atoms with E-state index in [1.807, 2.05) is 0 Å². The summed E-state index contributed by atoms with van der Waals surface area (Å²) in [4.78, 5) is 36.8. The molecular weight excluding hydrogens is 352 g/mol. The van der Waals surface area contributed by atoms with Crippen LogP contribution in [0.4, 0.5) is 10.5 Å². The number of nitrogens with one attached hydrogen (secondary N) is 2. The van der Waals surface area contributed by atoms with Crippen LogP contribution in [-0.2, 0) is 11.3 Å². The maximum atomic E-state index is 12.4. The number of anilines is 1. The van der Waals surface area contributed by atoms with E-state index in [0.29, 0.717) is 22.8 Å². The molecule has 4 rings (SSSR count). The Kier molecular flexibility index (Phi) is 4.17. The maximum absolute atomic E-state index is 12.4. The monoisotopic (exact) mass is 366 g/mol. The lowest BCUT2D eigenvalue weighted by molar-refractivity contribution is -0.125. The highest BCUT2D eigenvalue weighted by Gasteiger charge is 2.28. The first kappa shape index (κ1) is 16.6. The first-order valence-electron chi connectivity index (χ1n) is 8.09. The summed E-state index contributed by atoms with van der Waals surface area (Å²) in [6, 6.07) is 11.3. The van der Waals surface area contributed by atoms with Crippen molar-refractivity contribution in [3.05, 3.63) is 60.0 Å². The summed E-state index contributed by atoms with van der Waals surface area (Å²) in [6.07, 6.45) is 1.49. The standard InChI is InChI=1S/C18H14N4O5/c23-16-9-19-18(25)22(16)10-11-3-1-4-12(7-11)20-17(24)13-8-15(27-21-13)14-5-2-6-26-14/h1-8H,9-10H2,(H,19,25)(H,20,24). The van der Waals surface area contributed by atoms with Gasteiger partial charge in [0.2, 0.25) is 11.7 Å². The van der Waals surface area contributed by atoms with E-state index < -0.39 is 11.9 Å². The zero-order chi connectivity index (χ0) is 18.8. The van der Waals surface area contributed by atoms with Gasteiger partial charge in [0.05, 0.1) is 19.4 Å². The third kappa shape index (κ3) is 3.43. The van der Waals surface area contributed by atoms with E-state index >= 15 is 0 Å². The van der Waals surface area contributed by atoms with E-state index in [1.54, 1.807) is 36.4 Å². The molecular formula is C18H14N4O5. The molecule has 1 saturated heterocycles. The molecule has 1 aliphatic rings. The Balaban J connectivity index is 1.46. The topological polar surface area (TPSA) is 118 Å². The first-order valence-corrected chi connectivity index (χ1v) is 8.09. The van der Waals surface area contributed by atoms with E-state index in [0.717, 1.165) is 4.90 Å². The second-order valence-corrected chi connectivity index (χ2v) is 5.85. The Labute approximate surface area is 152 Å². The van der Waals surface area contributed by atoms with Crippen LogP contribution in [0.25, 0.3) is 11.5 Å². The molecule has 4 amide bonds. The maximum Gasteiger partial charge on any atom is 0.324 e. The Bertz CT molecular complexity index is 992. The average molecular weight is 366 g/mol. The number of aromatic nitrogens is 1. The summed E-state index contributed by atoms with van der Waals surface area (Å²) in [5, 5.41) is 8.91. The molecule has 0 unspecified atom stereocenters. The Morgan fingerprint density at radius 3 is 2.81 bits per heavy atom. The van der Waals surface area contributed by atoms with Crippen LogP contribution in [-0.4, -0.2) is 34.4 Å². The van der Waals surface area contributed by atoms with Crippen LogP contribution in [0.5, 0.6) is 0 Å². The highest BCUT2D eigenvalue weighted by atomic mass is 16.5. The highest BCUT2D eigenvalue weighted by Crippen LogP contribution is 2.21. The number of urea groups is 1. The van der Waals surface area contributed by atoms with E-state index in [-0.39, 0.29) is 24.7 Å². The van der Waals surface area contributed by atoms with E-state index in [1.165, 1.54) is 12.3 Å². The molecule has 3 aromatic rings. The van der Waals surface area contributed by atoms with Crippen LogP contribution in [0, 0.1) is 0 Å². The van der Waals surface area contributed by atoms with Crippen LogP contribution < -0.4 is 10.6 Å². The minimum Gasteiger partial charge on any atom is -0.461 e. The van der Waals surface area contributed by atoms with Crippen molar-refractivity contribution >= 4 is 23.5 Å². The van der Waals surface area contributed by atoms with Crippen molar-refractivity contribution < 1.29 is 23.3 Å². The molecule has 0 spiro atoms. The van der Waals surface area contributed by atoms with Gasteiger partial charge in [-0.3, -0.25) is 14.5 Å². The van der Waals surface area contributed by atoms with Crippen molar-refractivity contribution in [3.8, 4) is 11.5 Å². The zero-order valence-corrected chi connectivity index (χ0v) is 14.0. The summed E-state index contributed by atoms with van der Waals surface area (Å²) in [7, 11) is 0. The lowest BCUT2D eigenvalue weighted by Gasteiger charge is -2.13.